The Balaban J connectivity index is 2.08. The lowest BCUT2D eigenvalue weighted by Gasteiger charge is -2.30. The van der Waals surface area contributed by atoms with Crippen molar-refractivity contribution in [3.8, 4) is 0 Å². The van der Waals surface area contributed by atoms with Crippen LogP contribution in [-0.4, -0.2) is 33.7 Å². The Labute approximate surface area is 126 Å². The number of aromatic nitrogens is 1. The maximum atomic E-state index is 10.9. The van der Waals surface area contributed by atoms with Gasteiger partial charge in [0.15, 0.2) is 0 Å². The predicted octanol–water partition coefficient (Wildman–Crippen LogP) is 3.29. The van der Waals surface area contributed by atoms with Crippen LogP contribution in [0.4, 0.5) is 0 Å². The highest BCUT2D eigenvalue weighted by molar-refractivity contribution is 5.66. The highest BCUT2D eigenvalue weighted by Crippen LogP contribution is 2.25. The van der Waals surface area contributed by atoms with Gasteiger partial charge < -0.3 is 9.63 Å². The number of nitrogens with zero attached hydrogens (tertiary/aromatic N) is 2. The minimum absolute atomic E-state index is 0.194. The van der Waals surface area contributed by atoms with Gasteiger partial charge in [-0.25, -0.2) is 0 Å². The summed E-state index contributed by atoms with van der Waals surface area (Å²) >= 11 is 0. The molecule has 1 aliphatic rings. The van der Waals surface area contributed by atoms with Crippen molar-refractivity contribution in [2.45, 2.75) is 71.4 Å². The van der Waals surface area contributed by atoms with E-state index >= 15 is 0 Å². The molecular weight excluding hydrogens is 268 g/mol. The van der Waals surface area contributed by atoms with E-state index in [0.717, 1.165) is 23.6 Å². The summed E-state index contributed by atoms with van der Waals surface area (Å²) in [5, 5.41) is 13.0. The number of hydrogen-bond donors (Lipinski definition) is 1. The van der Waals surface area contributed by atoms with Crippen LogP contribution in [0.15, 0.2) is 4.52 Å². The van der Waals surface area contributed by atoms with Crippen LogP contribution in [0.25, 0.3) is 0 Å². The van der Waals surface area contributed by atoms with Gasteiger partial charge in [0, 0.05) is 24.7 Å². The molecule has 1 fully saturated rings. The van der Waals surface area contributed by atoms with Crippen LogP contribution in [0, 0.1) is 13.8 Å². The van der Waals surface area contributed by atoms with Gasteiger partial charge in [-0.2, -0.15) is 0 Å². The Morgan fingerprint density at radius 2 is 1.95 bits per heavy atom. The Bertz CT molecular complexity index is 443. The molecule has 118 valence electrons. The van der Waals surface area contributed by atoms with Crippen molar-refractivity contribution in [2.24, 2.45) is 0 Å². The van der Waals surface area contributed by atoms with Crippen LogP contribution in [0.3, 0.4) is 0 Å². The van der Waals surface area contributed by atoms with Gasteiger partial charge in [0.1, 0.15) is 5.76 Å². The molecule has 1 aromatic rings. The molecule has 21 heavy (non-hydrogen) atoms. The molecule has 0 aromatic carbocycles. The molecule has 0 unspecified atom stereocenters. The Kier molecular flexibility index (Phi) is 5.79. The molecule has 0 radical (unpaired) electrons. The number of carboxylic acid groups (broad SMARTS) is 1. The maximum Gasteiger partial charge on any atom is 0.304 e. The third kappa shape index (κ3) is 4.56. The minimum atomic E-state index is -0.729. The molecule has 2 rings (SSSR count). The zero-order valence-corrected chi connectivity index (χ0v) is 13.1. The van der Waals surface area contributed by atoms with Crippen LogP contribution in [0.1, 0.15) is 62.0 Å². The zero-order valence-electron chi connectivity index (χ0n) is 13.1. The number of carbonyl (C=O) groups is 1. The molecule has 5 heteroatoms. The fourth-order valence-corrected chi connectivity index (χ4v) is 3.18. The topological polar surface area (TPSA) is 66.6 Å². The Hall–Kier alpha value is -1.36. The Morgan fingerprint density at radius 3 is 2.48 bits per heavy atom. The predicted molar refractivity (Wildman–Crippen MR) is 80.1 cm³/mol. The molecule has 0 aliphatic heterocycles. The molecule has 1 N–H and O–H groups in total. The molecule has 1 heterocycles. The molecular formula is C16H26N2O3. The number of aliphatic carboxylic acids is 1. The van der Waals surface area contributed by atoms with Crippen molar-refractivity contribution >= 4 is 5.97 Å². The summed E-state index contributed by atoms with van der Waals surface area (Å²) in [5.41, 5.74) is 2.03. The standard InChI is InChI=1S/C16H26N2O3/c1-12-15(13(2)21-17-12)11-18(10-9-16(19)20)14-7-5-3-4-6-8-14/h14H,3-11H2,1-2H3,(H,19,20). The highest BCUT2D eigenvalue weighted by atomic mass is 16.5. The number of rotatable bonds is 6. The van der Waals surface area contributed by atoms with Gasteiger partial charge >= 0.3 is 5.97 Å². The van der Waals surface area contributed by atoms with Crippen molar-refractivity contribution in [1.29, 1.82) is 0 Å². The monoisotopic (exact) mass is 294 g/mol. The van der Waals surface area contributed by atoms with Crippen LogP contribution in [-0.2, 0) is 11.3 Å². The molecule has 0 amide bonds. The molecule has 0 spiro atoms. The van der Waals surface area contributed by atoms with Crippen molar-refractivity contribution in [1.82, 2.24) is 10.1 Å². The van der Waals surface area contributed by atoms with Gasteiger partial charge in [-0.15, -0.1) is 0 Å². The van der Waals surface area contributed by atoms with Crippen molar-refractivity contribution in [2.75, 3.05) is 6.54 Å². The fourth-order valence-electron chi connectivity index (χ4n) is 3.18. The first-order valence-electron chi connectivity index (χ1n) is 7.95. The molecule has 1 aliphatic carbocycles. The van der Waals surface area contributed by atoms with Crippen molar-refractivity contribution in [3.63, 3.8) is 0 Å². The summed E-state index contributed by atoms with van der Waals surface area (Å²) in [6.45, 7) is 5.23. The third-order valence-electron chi connectivity index (χ3n) is 4.50. The second-order valence-electron chi connectivity index (χ2n) is 6.06. The summed E-state index contributed by atoms with van der Waals surface area (Å²) in [7, 11) is 0. The van der Waals surface area contributed by atoms with Crippen LogP contribution in [0.2, 0.25) is 0 Å². The van der Waals surface area contributed by atoms with Gasteiger partial charge in [-0.1, -0.05) is 30.8 Å². The van der Waals surface area contributed by atoms with Crippen molar-refractivity contribution in [3.05, 3.63) is 17.0 Å². The molecule has 5 nitrogen and oxygen atoms in total. The average molecular weight is 294 g/mol. The van der Waals surface area contributed by atoms with E-state index in [2.05, 4.69) is 10.1 Å². The van der Waals surface area contributed by atoms with E-state index in [1.54, 1.807) is 0 Å². The normalized spacial score (nSPS) is 17.1. The first-order valence-corrected chi connectivity index (χ1v) is 7.95. The lowest BCUT2D eigenvalue weighted by atomic mass is 10.0. The largest absolute Gasteiger partial charge is 0.481 e. The smallest absolute Gasteiger partial charge is 0.304 e. The first-order chi connectivity index (χ1) is 10.1. The summed E-state index contributed by atoms with van der Waals surface area (Å²) in [6.07, 6.45) is 7.63. The fraction of sp³-hybridized carbons (Fsp3) is 0.750. The zero-order chi connectivity index (χ0) is 15.2. The van der Waals surface area contributed by atoms with Gasteiger partial charge in [0.05, 0.1) is 12.1 Å². The highest BCUT2D eigenvalue weighted by Gasteiger charge is 2.23. The third-order valence-corrected chi connectivity index (χ3v) is 4.50. The minimum Gasteiger partial charge on any atom is -0.481 e. The summed E-state index contributed by atoms with van der Waals surface area (Å²) < 4.78 is 5.24. The maximum absolute atomic E-state index is 10.9. The van der Waals surface area contributed by atoms with E-state index in [1.807, 2.05) is 13.8 Å². The molecule has 1 aromatic heterocycles. The van der Waals surface area contributed by atoms with Crippen molar-refractivity contribution < 1.29 is 14.4 Å². The van der Waals surface area contributed by atoms with E-state index in [0.29, 0.717) is 12.6 Å². The van der Waals surface area contributed by atoms with Crippen LogP contribution in [0.5, 0.6) is 0 Å². The van der Waals surface area contributed by atoms with Crippen LogP contribution < -0.4 is 0 Å². The first kappa shape index (κ1) is 16.0. The number of hydrogen-bond acceptors (Lipinski definition) is 4. The molecule has 0 bridgehead atoms. The second kappa shape index (κ2) is 7.59. The molecule has 1 saturated carbocycles. The van der Waals surface area contributed by atoms with Gasteiger partial charge in [-0.05, 0) is 26.7 Å². The van der Waals surface area contributed by atoms with Gasteiger partial charge in [0.2, 0.25) is 0 Å². The van der Waals surface area contributed by atoms with Gasteiger partial charge in [0.25, 0.3) is 0 Å². The number of aryl methyl sites for hydroxylation is 2. The van der Waals surface area contributed by atoms with Gasteiger partial charge in [-0.3, -0.25) is 9.69 Å². The SMILES string of the molecule is Cc1noc(C)c1CN(CCC(=O)O)C1CCCCCC1. The van der Waals surface area contributed by atoms with E-state index in [1.165, 1.54) is 38.5 Å². The van der Waals surface area contributed by atoms with E-state index < -0.39 is 5.97 Å². The Morgan fingerprint density at radius 1 is 1.29 bits per heavy atom. The van der Waals surface area contributed by atoms with E-state index in [9.17, 15) is 4.79 Å². The molecule has 0 atom stereocenters. The van der Waals surface area contributed by atoms with E-state index in [4.69, 9.17) is 9.63 Å². The molecule has 0 saturated heterocycles. The summed E-state index contributed by atoms with van der Waals surface area (Å²) in [6, 6.07) is 0.487. The quantitative estimate of drug-likeness (QED) is 0.815. The average Bonchev–Trinajstić information content (AvgIpc) is 2.68. The second-order valence-corrected chi connectivity index (χ2v) is 6.06. The number of carboxylic acids is 1. The lowest BCUT2D eigenvalue weighted by Crippen LogP contribution is -2.36. The lowest BCUT2D eigenvalue weighted by molar-refractivity contribution is -0.137. The summed E-state index contributed by atoms with van der Waals surface area (Å²) in [5.74, 6) is 0.119. The summed E-state index contributed by atoms with van der Waals surface area (Å²) in [4.78, 5) is 13.3. The van der Waals surface area contributed by atoms with E-state index in [-0.39, 0.29) is 6.42 Å². The van der Waals surface area contributed by atoms with Crippen LogP contribution >= 0.6 is 0 Å².